The zero-order chi connectivity index (χ0) is 13.4. The molecule has 2 aliphatic rings. The fourth-order valence-electron chi connectivity index (χ4n) is 4.20. The molecule has 2 fully saturated rings. The standard InChI is InChI=1S/C16H21ClFN/c1-19-15(13-8-10-5-6-11(13)7-10)9-12-3-2-4-14(17)16(12)18/h2-4,10-11,13,15,19H,5-9H2,1H3. The van der Waals surface area contributed by atoms with Crippen molar-refractivity contribution in [3.8, 4) is 0 Å². The van der Waals surface area contributed by atoms with Gasteiger partial charge in [0.25, 0.3) is 0 Å². The molecule has 1 N–H and O–H groups in total. The van der Waals surface area contributed by atoms with E-state index < -0.39 is 0 Å². The highest BCUT2D eigenvalue weighted by atomic mass is 35.5. The lowest BCUT2D eigenvalue weighted by atomic mass is 9.81. The minimum atomic E-state index is -0.243. The summed E-state index contributed by atoms with van der Waals surface area (Å²) in [6, 6.07) is 5.70. The number of likely N-dealkylation sites (N-methyl/N-ethyl adjacent to an activating group) is 1. The van der Waals surface area contributed by atoms with Crippen LogP contribution in [0.5, 0.6) is 0 Å². The molecule has 0 aromatic heterocycles. The summed E-state index contributed by atoms with van der Waals surface area (Å²) < 4.78 is 14.0. The number of rotatable bonds is 4. The molecule has 2 bridgehead atoms. The molecule has 0 spiro atoms. The molecule has 4 unspecified atom stereocenters. The average molecular weight is 282 g/mol. The zero-order valence-corrected chi connectivity index (χ0v) is 12.1. The maximum absolute atomic E-state index is 14.0. The molecule has 0 aliphatic heterocycles. The summed E-state index contributed by atoms with van der Waals surface area (Å²) in [6.07, 6.45) is 6.23. The van der Waals surface area contributed by atoms with Gasteiger partial charge in [0.2, 0.25) is 0 Å². The molecular weight excluding hydrogens is 261 g/mol. The van der Waals surface area contributed by atoms with E-state index >= 15 is 0 Å². The van der Waals surface area contributed by atoms with Crippen LogP contribution in [0.15, 0.2) is 18.2 Å². The van der Waals surface area contributed by atoms with Gasteiger partial charge in [-0.3, -0.25) is 0 Å². The van der Waals surface area contributed by atoms with Gasteiger partial charge in [-0.2, -0.15) is 0 Å². The van der Waals surface area contributed by atoms with Gasteiger partial charge < -0.3 is 5.32 Å². The van der Waals surface area contributed by atoms with E-state index in [2.05, 4.69) is 5.32 Å². The summed E-state index contributed by atoms with van der Waals surface area (Å²) in [5.74, 6) is 2.24. The Labute approximate surface area is 119 Å². The summed E-state index contributed by atoms with van der Waals surface area (Å²) in [5, 5.41) is 3.65. The Morgan fingerprint density at radius 3 is 2.84 bits per heavy atom. The van der Waals surface area contributed by atoms with E-state index in [1.54, 1.807) is 6.07 Å². The fourth-order valence-corrected chi connectivity index (χ4v) is 4.39. The Hall–Kier alpha value is -0.600. The summed E-state index contributed by atoms with van der Waals surface area (Å²) in [5.41, 5.74) is 0.745. The lowest BCUT2D eigenvalue weighted by Gasteiger charge is -2.30. The Morgan fingerprint density at radius 1 is 1.37 bits per heavy atom. The number of fused-ring (bicyclic) bond motifs is 2. The third-order valence-corrected chi connectivity index (χ3v) is 5.44. The summed E-state index contributed by atoms with van der Waals surface area (Å²) in [6.45, 7) is 0. The minimum Gasteiger partial charge on any atom is -0.316 e. The molecule has 19 heavy (non-hydrogen) atoms. The maximum atomic E-state index is 14.0. The minimum absolute atomic E-state index is 0.236. The third-order valence-electron chi connectivity index (χ3n) is 5.15. The molecule has 1 aromatic carbocycles. The van der Waals surface area contributed by atoms with Gasteiger partial charge in [0.05, 0.1) is 5.02 Å². The van der Waals surface area contributed by atoms with Gasteiger partial charge in [0.1, 0.15) is 5.82 Å². The second-order valence-electron chi connectivity index (χ2n) is 6.15. The van der Waals surface area contributed by atoms with Gasteiger partial charge in [-0.05, 0) is 62.1 Å². The molecule has 2 aliphatic carbocycles. The zero-order valence-electron chi connectivity index (χ0n) is 11.3. The van der Waals surface area contributed by atoms with Crippen LogP contribution in [0.4, 0.5) is 4.39 Å². The van der Waals surface area contributed by atoms with E-state index in [1.165, 1.54) is 25.7 Å². The first-order valence-electron chi connectivity index (χ1n) is 7.29. The Kier molecular flexibility index (Phi) is 3.81. The summed E-state index contributed by atoms with van der Waals surface area (Å²) in [7, 11) is 2.00. The quantitative estimate of drug-likeness (QED) is 0.878. The van der Waals surface area contributed by atoms with Crippen LogP contribution < -0.4 is 5.32 Å². The van der Waals surface area contributed by atoms with E-state index in [0.717, 1.165) is 23.8 Å². The molecule has 3 rings (SSSR count). The topological polar surface area (TPSA) is 12.0 Å². The lowest BCUT2D eigenvalue weighted by molar-refractivity contribution is 0.254. The van der Waals surface area contributed by atoms with Gasteiger partial charge in [0, 0.05) is 6.04 Å². The molecule has 4 atom stereocenters. The molecule has 0 amide bonds. The summed E-state index contributed by atoms with van der Waals surface area (Å²) in [4.78, 5) is 0. The Morgan fingerprint density at radius 2 is 2.21 bits per heavy atom. The molecule has 1 nitrogen and oxygen atoms in total. The first-order chi connectivity index (χ1) is 9.19. The molecule has 3 heteroatoms. The van der Waals surface area contributed by atoms with Gasteiger partial charge in [-0.25, -0.2) is 4.39 Å². The average Bonchev–Trinajstić information content (AvgIpc) is 3.03. The number of hydrogen-bond donors (Lipinski definition) is 1. The molecular formula is C16H21ClFN. The first-order valence-corrected chi connectivity index (χ1v) is 7.67. The van der Waals surface area contributed by atoms with Crippen LogP contribution in [-0.4, -0.2) is 13.1 Å². The third kappa shape index (κ3) is 2.53. The van der Waals surface area contributed by atoms with E-state index in [4.69, 9.17) is 11.6 Å². The van der Waals surface area contributed by atoms with Crippen LogP contribution in [0.1, 0.15) is 31.2 Å². The number of hydrogen-bond acceptors (Lipinski definition) is 1. The normalized spacial score (nSPS) is 30.8. The van der Waals surface area contributed by atoms with Crippen molar-refractivity contribution < 1.29 is 4.39 Å². The van der Waals surface area contributed by atoms with E-state index in [1.807, 2.05) is 19.2 Å². The smallest absolute Gasteiger partial charge is 0.145 e. The molecule has 0 saturated heterocycles. The van der Waals surface area contributed by atoms with Crippen molar-refractivity contribution in [1.29, 1.82) is 0 Å². The van der Waals surface area contributed by atoms with Gasteiger partial charge in [-0.1, -0.05) is 30.2 Å². The van der Waals surface area contributed by atoms with Crippen LogP contribution in [0, 0.1) is 23.6 Å². The van der Waals surface area contributed by atoms with Crippen molar-refractivity contribution in [3.05, 3.63) is 34.6 Å². The predicted octanol–water partition coefficient (Wildman–Crippen LogP) is 4.05. The maximum Gasteiger partial charge on any atom is 0.145 e. The second-order valence-corrected chi connectivity index (χ2v) is 6.56. The monoisotopic (exact) mass is 281 g/mol. The van der Waals surface area contributed by atoms with E-state index in [0.29, 0.717) is 12.0 Å². The molecule has 0 heterocycles. The molecule has 0 radical (unpaired) electrons. The van der Waals surface area contributed by atoms with Crippen LogP contribution in [-0.2, 0) is 6.42 Å². The van der Waals surface area contributed by atoms with Crippen molar-refractivity contribution in [2.24, 2.45) is 17.8 Å². The number of benzene rings is 1. The Balaban J connectivity index is 1.75. The highest BCUT2D eigenvalue weighted by Gasteiger charge is 2.42. The van der Waals surface area contributed by atoms with Crippen LogP contribution in [0.3, 0.4) is 0 Å². The van der Waals surface area contributed by atoms with Gasteiger partial charge in [-0.15, -0.1) is 0 Å². The second kappa shape index (κ2) is 5.41. The number of nitrogens with one attached hydrogen (secondary N) is 1. The van der Waals surface area contributed by atoms with Crippen molar-refractivity contribution >= 4 is 11.6 Å². The molecule has 1 aromatic rings. The van der Waals surface area contributed by atoms with Crippen LogP contribution in [0.2, 0.25) is 5.02 Å². The van der Waals surface area contributed by atoms with Crippen LogP contribution in [0.25, 0.3) is 0 Å². The first kappa shape index (κ1) is 13.4. The lowest BCUT2D eigenvalue weighted by Crippen LogP contribution is -2.38. The van der Waals surface area contributed by atoms with E-state index in [-0.39, 0.29) is 10.8 Å². The van der Waals surface area contributed by atoms with Gasteiger partial charge >= 0.3 is 0 Å². The SMILES string of the molecule is CNC(Cc1cccc(Cl)c1F)C1CC2CCC1C2. The van der Waals surface area contributed by atoms with Gasteiger partial charge in [0.15, 0.2) is 0 Å². The molecule has 2 saturated carbocycles. The van der Waals surface area contributed by atoms with E-state index in [9.17, 15) is 4.39 Å². The van der Waals surface area contributed by atoms with Crippen LogP contribution >= 0.6 is 11.6 Å². The van der Waals surface area contributed by atoms with Crippen molar-refractivity contribution in [3.63, 3.8) is 0 Å². The Bertz CT molecular complexity index is 462. The highest BCUT2D eigenvalue weighted by Crippen LogP contribution is 2.49. The molecule has 104 valence electrons. The number of halogens is 2. The van der Waals surface area contributed by atoms with Crippen molar-refractivity contribution in [1.82, 2.24) is 5.32 Å². The predicted molar refractivity (Wildman–Crippen MR) is 76.9 cm³/mol. The largest absolute Gasteiger partial charge is 0.316 e. The van der Waals surface area contributed by atoms with Crippen molar-refractivity contribution in [2.45, 2.75) is 38.1 Å². The van der Waals surface area contributed by atoms with Crippen molar-refractivity contribution in [2.75, 3.05) is 7.05 Å². The fraction of sp³-hybridized carbons (Fsp3) is 0.625. The summed E-state index contributed by atoms with van der Waals surface area (Å²) >= 11 is 5.87. The highest BCUT2D eigenvalue weighted by molar-refractivity contribution is 6.30.